The van der Waals surface area contributed by atoms with Crippen molar-refractivity contribution in [3.05, 3.63) is 41.4 Å². The number of hydrogen-bond donors (Lipinski definition) is 1. The van der Waals surface area contributed by atoms with Crippen molar-refractivity contribution >= 4 is 23.2 Å². The Morgan fingerprint density at radius 1 is 1.32 bits per heavy atom. The molecule has 22 heavy (non-hydrogen) atoms. The van der Waals surface area contributed by atoms with Gasteiger partial charge in [0.2, 0.25) is 0 Å². The van der Waals surface area contributed by atoms with E-state index in [1.165, 1.54) is 23.3 Å². The molecule has 1 aromatic carbocycles. The van der Waals surface area contributed by atoms with E-state index >= 15 is 0 Å². The summed E-state index contributed by atoms with van der Waals surface area (Å²) in [5.74, 6) is -1.47. The monoisotopic (exact) mass is 320 g/mol. The van der Waals surface area contributed by atoms with Crippen LogP contribution in [0.25, 0.3) is 10.6 Å². The number of aliphatic carboxylic acids is 1. The maximum atomic E-state index is 12.4. The first kappa shape index (κ1) is 16.1. The topological polar surface area (TPSA) is 79.7 Å². The zero-order valence-corrected chi connectivity index (χ0v) is 12.9. The zero-order valence-electron chi connectivity index (χ0n) is 12.1. The Labute approximate surface area is 132 Å². The molecule has 0 unspecified atom stereocenters. The number of methoxy groups -OCH3 is 1. The van der Waals surface area contributed by atoms with Crippen molar-refractivity contribution in [1.29, 1.82) is 0 Å². The van der Waals surface area contributed by atoms with E-state index in [1.54, 1.807) is 5.38 Å². The summed E-state index contributed by atoms with van der Waals surface area (Å²) in [5, 5.41) is 11.3. The number of carboxylic acid groups (broad SMARTS) is 1. The van der Waals surface area contributed by atoms with Crippen LogP contribution in [0.4, 0.5) is 0 Å². The summed E-state index contributed by atoms with van der Waals surface area (Å²) in [6, 6.07) is 9.52. The van der Waals surface area contributed by atoms with Gasteiger partial charge in [0.1, 0.15) is 17.2 Å². The van der Waals surface area contributed by atoms with Crippen molar-refractivity contribution in [2.24, 2.45) is 0 Å². The fraction of sp³-hybridized carbons (Fsp3) is 0.267. The molecule has 1 aromatic heterocycles. The van der Waals surface area contributed by atoms with Crippen molar-refractivity contribution < 1.29 is 19.4 Å². The number of ether oxygens (including phenoxy) is 1. The minimum absolute atomic E-state index is 0.208. The molecule has 0 aliphatic heterocycles. The van der Waals surface area contributed by atoms with Gasteiger partial charge in [0, 0.05) is 24.6 Å². The van der Waals surface area contributed by atoms with Crippen LogP contribution in [0, 0.1) is 0 Å². The summed E-state index contributed by atoms with van der Waals surface area (Å²) in [6.45, 7) is 0.106. The average Bonchev–Trinajstić information content (AvgIpc) is 3.01. The van der Waals surface area contributed by atoms with E-state index in [9.17, 15) is 9.59 Å². The second kappa shape index (κ2) is 7.67. The highest BCUT2D eigenvalue weighted by Crippen LogP contribution is 2.23. The minimum atomic E-state index is -1.07. The molecule has 0 spiro atoms. The second-order valence-corrected chi connectivity index (χ2v) is 5.38. The van der Waals surface area contributed by atoms with Gasteiger partial charge < -0.3 is 14.7 Å². The fourth-order valence-electron chi connectivity index (χ4n) is 1.86. The van der Waals surface area contributed by atoms with Gasteiger partial charge in [-0.05, 0) is 0 Å². The third kappa shape index (κ3) is 4.12. The molecule has 7 heteroatoms. The average molecular weight is 320 g/mol. The molecule has 2 aromatic rings. The molecule has 0 aliphatic carbocycles. The predicted molar refractivity (Wildman–Crippen MR) is 83.0 cm³/mol. The molecule has 0 saturated carbocycles. The molecule has 0 radical (unpaired) electrons. The Morgan fingerprint density at radius 3 is 2.68 bits per heavy atom. The van der Waals surface area contributed by atoms with Crippen LogP contribution >= 0.6 is 11.3 Å². The van der Waals surface area contributed by atoms with Gasteiger partial charge in [0.25, 0.3) is 5.91 Å². The van der Waals surface area contributed by atoms with E-state index in [1.807, 2.05) is 30.3 Å². The second-order valence-electron chi connectivity index (χ2n) is 4.52. The Balaban J connectivity index is 2.16. The Kier molecular flexibility index (Phi) is 5.62. The maximum absolute atomic E-state index is 12.4. The molecule has 0 fully saturated rings. The van der Waals surface area contributed by atoms with E-state index < -0.39 is 11.9 Å². The van der Waals surface area contributed by atoms with Crippen LogP contribution < -0.4 is 0 Å². The Morgan fingerprint density at radius 2 is 2.05 bits per heavy atom. The van der Waals surface area contributed by atoms with Crippen molar-refractivity contribution in [3.63, 3.8) is 0 Å². The van der Waals surface area contributed by atoms with Gasteiger partial charge in [0.15, 0.2) is 0 Å². The zero-order chi connectivity index (χ0) is 15.9. The number of rotatable bonds is 7. The molecule has 2 rings (SSSR count). The van der Waals surface area contributed by atoms with Gasteiger partial charge in [-0.3, -0.25) is 9.59 Å². The lowest BCUT2D eigenvalue weighted by Crippen LogP contribution is -2.38. The molecule has 0 aliphatic rings. The maximum Gasteiger partial charge on any atom is 0.323 e. The number of hydrogen-bond acceptors (Lipinski definition) is 5. The van der Waals surface area contributed by atoms with Crippen LogP contribution in [0.2, 0.25) is 0 Å². The Hall–Kier alpha value is -2.25. The number of nitrogens with zero attached hydrogens (tertiary/aromatic N) is 2. The van der Waals surface area contributed by atoms with Crippen LogP contribution in [0.1, 0.15) is 10.5 Å². The molecular formula is C15H16N2O4S. The molecule has 0 saturated heterocycles. The normalized spacial score (nSPS) is 10.4. The molecule has 1 amide bonds. The molecule has 1 heterocycles. The summed E-state index contributed by atoms with van der Waals surface area (Å²) in [4.78, 5) is 28.8. The van der Waals surface area contributed by atoms with Gasteiger partial charge in [-0.25, -0.2) is 4.98 Å². The summed E-state index contributed by atoms with van der Waals surface area (Å²) < 4.78 is 4.91. The third-order valence-electron chi connectivity index (χ3n) is 2.92. The van der Waals surface area contributed by atoms with E-state index in [-0.39, 0.29) is 25.4 Å². The van der Waals surface area contributed by atoms with E-state index in [0.717, 1.165) is 10.6 Å². The summed E-state index contributed by atoms with van der Waals surface area (Å²) >= 11 is 1.35. The van der Waals surface area contributed by atoms with Gasteiger partial charge >= 0.3 is 5.97 Å². The molecule has 0 bridgehead atoms. The number of benzene rings is 1. The smallest absolute Gasteiger partial charge is 0.323 e. The lowest BCUT2D eigenvalue weighted by atomic mass is 10.2. The number of thiazole rings is 1. The lowest BCUT2D eigenvalue weighted by molar-refractivity contribution is -0.137. The molecule has 6 nitrogen and oxygen atoms in total. The third-order valence-corrected chi connectivity index (χ3v) is 3.81. The lowest BCUT2D eigenvalue weighted by Gasteiger charge is -2.18. The number of carboxylic acids is 1. The van der Waals surface area contributed by atoms with Gasteiger partial charge in [-0.2, -0.15) is 0 Å². The van der Waals surface area contributed by atoms with Crippen LogP contribution in [0.5, 0.6) is 0 Å². The highest BCUT2D eigenvalue weighted by molar-refractivity contribution is 7.13. The molecular weight excluding hydrogens is 304 g/mol. The number of amides is 1. The summed E-state index contributed by atoms with van der Waals surface area (Å²) in [6.07, 6.45) is 0. The highest BCUT2D eigenvalue weighted by Gasteiger charge is 2.21. The van der Waals surface area contributed by atoms with Crippen molar-refractivity contribution in [2.75, 3.05) is 26.8 Å². The molecule has 0 atom stereocenters. The first-order valence-corrected chi connectivity index (χ1v) is 7.50. The van der Waals surface area contributed by atoms with E-state index in [2.05, 4.69) is 4.98 Å². The van der Waals surface area contributed by atoms with Crippen molar-refractivity contribution in [2.45, 2.75) is 0 Å². The van der Waals surface area contributed by atoms with Gasteiger partial charge in [0.05, 0.1) is 6.61 Å². The standard InChI is InChI=1S/C15H16N2O4S/c1-21-8-7-17(9-13(18)19)15(20)12-10-22-14(16-12)11-5-3-2-4-6-11/h2-6,10H,7-9H2,1H3,(H,18,19). The quantitative estimate of drug-likeness (QED) is 0.844. The van der Waals surface area contributed by atoms with E-state index in [0.29, 0.717) is 0 Å². The summed E-state index contributed by atoms with van der Waals surface area (Å²) in [7, 11) is 1.50. The van der Waals surface area contributed by atoms with Crippen LogP contribution in [-0.4, -0.2) is 53.7 Å². The van der Waals surface area contributed by atoms with Crippen molar-refractivity contribution in [3.8, 4) is 10.6 Å². The first-order valence-electron chi connectivity index (χ1n) is 6.62. The van der Waals surface area contributed by atoms with Crippen LogP contribution in [0.3, 0.4) is 0 Å². The van der Waals surface area contributed by atoms with Crippen LogP contribution in [-0.2, 0) is 9.53 Å². The number of aromatic nitrogens is 1. The SMILES string of the molecule is COCCN(CC(=O)O)C(=O)c1csc(-c2ccccc2)n1. The minimum Gasteiger partial charge on any atom is -0.480 e. The van der Waals surface area contributed by atoms with E-state index in [4.69, 9.17) is 9.84 Å². The number of carbonyl (C=O) groups excluding carboxylic acids is 1. The molecule has 116 valence electrons. The molecule has 1 N–H and O–H groups in total. The fourth-order valence-corrected chi connectivity index (χ4v) is 2.66. The first-order chi connectivity index (χ1) is 10.6. The largest absolute Gasteiger partial charge is 0.480 e. The van der Waals surface area contributed by atoms with Crippen molar-refractivity contribution in [1.82, 2.24) is 9.88 Å². The number of carbonyl (C=O) groups is 2. The van der Waals surface area contributed by atoms with Gasteiger partial charge in [-0.1, -0.05) is 30.3 Å². The van der Waals surface area contributed by atoms with Crippen LogP contribution in [0.15, 0.2) is 35.7 Å². The summed E-state index contributed by atoms with van der Waals surface area (Å²) in [5.41, 5.74) is 1.18. The highest BCUT2D eigenvalue weighted by atomic mass is 32.1. The predicted octanol–water partition coefficient (Wildman–Crippen LogP) is 1.98. The Bertz CT molecular complexity index is 642. The van der Waals surface area contributed by atoms with Gasteiger partial charge in [-0.15, -0.1) is 11.3 Å².